The van der Waals surface area contributed by atoms with Gasteiger partial charge in [-0.25, -0.2) is 4.98 Å². The summed E-state index contributed by atoms with van der Waals surface area (Å²) in [6.07, 6.45) is 4.57. The predicted octanol–water partition coefficient (Wildman–Crippen LogP) is 1.97. The molecule has 0 radical (unpaired) electrons. The summed E-state index contributed by atoms with van der Waals surface area (Å²) in [6, 6.07) is 6.15. The van der Waals surface area contributed by atoms with Gasteiger partial charge in [0.25, 0.3) is 0 Å². The van der Waals surface area contributed by atoms with Crippen molar-refractivity contribution in [3.63, 3.8) is 0 Å². The highest BCUT2D eigenvalue weighted by Gasteiger charge is 2.14. The molecular weight excluding hydrogens is 252 g/mol. The lowest BCUT2D eigenvalue weighted by molar-refractivity contribution is 0.411. The van der Waals surface area contributed by atoms with Crippen LogP contribution in [0, 0.1) is 6.92 Å². The third-order valence-electron chi connectivity index (χ3n) is 3.55. The molecule has 2 rings (SSSR count). The minimum atomic E-state index is 0.0345. The van der Waals surface area contributed by atoms with Crippen LogP contribution in [0.4, 0.5) is 0 Å². The topological polar surface area (TPSA) is 65.1 Å². The number of nitrogens with zero attached hydrogens (tertiary/aromatic N) is 2. The van der Waals surface area contributed by atoms with Crippen LogP contribution in [-0.2, 0) is 13.0 Å². The molecule has 5 heteroatoms. The molecular formula is C15H22N4O. The van der Waals surface area contributed by atoms with Gasteiger partial charge >= 0.3 is 0 Å². The van der Waals surface area contributed by atoms with Gasteiger partial charge in [0.2, 0.25) is 0 Å². The molecule has 0 aliphatic rings. The maximum Gasteiger partial charge on any atom is 0.121 e. The number of hydrogen-bond acceptors (Lipinski definition) is 4. The van der Waals surface area contributed by atoms with E-state index in [0.717, 1.165) is 35.7 Å². The number of imidazole rings is 1. The van der Waals surface area contributed by atoms with Gasteiger partial charge in [0.05, 0.1) is 13.2 Å². The monoisotopic (exact) mass is 274 g/mol. The molecule has 1 unspecified atom stereocenters. The Morgan fingerprint density at radius 1 is 1.45 bits per heavy atom. The number of nitrogens with one attached hydrogen (secondary N) is 1. The quantitative estimate of drug-likeness (QED) is 0.624. The third kappa shape index (κ3) is 3.00. The molecule has 2 aromatic rings. The first kappa shape index (κ1) is 14.6. The molecule has 20 heavy (non-hydrogen) atoms. The first-order chi connectivity index (χ1) is 9.69. The summed E-state index contributed by atoms with van der Waals surface area (Å²) in [5, 5.41) is 0. The molecule has 0 fully saturated rings. The molecule has 0 saturated heterocycles. The second-order valence-electron chi connectivity index (χ2n) is 4.78. The largest absolute Gasteiger partial charge is 0.496 e. The molecule has 0 aliphatic carbocycles. The van der Waals surface area contributed by atoms with Crippen molar-refractivity contribution >= 4 is 0 Å². The van der Waals surface area contributed by atoms with Crippen LogP contribution in [0.2, 0.25) is 0 Å². The van der Waals surface area contributed by atoms with Gasteiger partial charge < -0.3 is 9.30 Å². The van der Waals surface area contributed by atoms with Crippen LogP contribution >= 0.6 is 0 Å². The summed E-state index contributed by atoms with van der Waals surface area (Å²) < 4.78 is 7.41. The standard InChI is InChI=1S/C15H22N4O/c1-4-19-8-7-17-15(19)10-13(18-16)12-5-6-14(20-3)11(2)9-12/h5-9,13,18H,4,10,16H2,1-3H3. The van der Waals surface area contributed by atoms with Crippen LogP contribution in [-0.4, -0.2) is 16.7 Å². The molecule has 0 saturated carbocycles. The van der Waals surface area contributed by atoms with Gasteiger partial charge in [0.15, 0.2) is 0 Å². The highest BCUT2D eigenvalue weighted by Crippen LogP contribution is 2.24. The molecule has 1 atom stereocenters. The first-order valence-electron chi connectivity index (χ1n) is 6.80. The molecule has 0 spiro atoms. The number of aryl methyl sites for hydroxylation is 2. The molecule has 1 heterocycles. The Kier molecular flexibility index (Phi) is 4.76. The van der Waals surface area contributed by atoms with E-state index in [4.69, 9.17) is 10.6 Å². The SMILES string of the molecule is CCn1ccnc1CC(NN)c1ccc(OC)c(C)c1. The zero-order valence-electron chi connectivity index (χ0n) is 12.3. The number of methoxy groups -OCH3 is 1. The number of nitrogens with two attached hydrogens (primary N) is 1. The number of hydrazine groups is 1. The highest BCUT2D eigenvalue weighted by molar-refractivity contribution is 5.37. The maximum atomic E-state index is 5.72. The fourth-order valence-electron chi connectivity index (χ4n) is 2.39. The van der Waals surface area contributed by atoms with Crippen molar-refractivity contribution in [3.8, 4) is 5.75 Å². The van der Waals surface area contributed by atoms with E-state index in [2.05, 4.69) is 28.0 Å². The minimum absolute atomic E-state index is 0.0345. The Morgan fingerprint density at radius 2 is 2.25 bits per heavy atom. The van der Waals surface area contributed by atoms with E-state index >= 15 is 0 Å². The molecule has 0 amide bonds. The van der Waals surface area contributed by atoms with Crippen LogP contribution < -0.4 is 16.0 Å². The Balaban J connectivity index is 2.22. The van der Waals surface area contributed by atoms with E-state index in [1.165, 1.54) is 0 Å². The lowest BCUT2D eigenvalue weighted by atomic mass is 10.0. The maximum absolute atomic E-state index is 5.72. The average Bonchev–Trinajstić information content (AvgIpc) is 2.91. The molecule has 3 N–H and O–H groups in total. The van der Waals surface area contributed by atoms with E-state index in [-0.39, 0.29) is 6.04 Å². The summed E-state index contributed by atoms with van der Waals surface area (Å²) in [6.45, 7) is 5.05. The Morgan fingerprint density at radius 3 is 2.85 bits per heavy atom. The van der Waals surface area contributed by atoms with E-state index in [1.807, 2.05) is 31.5 Å². The van der Waals surface area contributed by atoms with Gasteiger partial charge in [-0.3, -0.25) is 11.3 Å². The second-order valence-corrected chi connectivity index (χ2v) is 4.78. The Bertz CT molecular complexity index is 565. The summed E-state index contributed by atoms with van der Waals surface area (Å²) in [7, 11) is 1.68. The summed E-state index contributed by atoms with van der Waals surface area (Å²) in [5.41, 5.74) is 5.12. The minimum Gasteiger partial charge on any atom is -0.496 e. The van der Waals surface area contributed by atoms with Crippen molar-refractivity contribution in [2.24, 2.45) is 5.84 Å². The fourth-order valence-corrected chi connectivity index (χ4v) is 2.39. The molecule has 0 bridgehead atoms. The second kappa shape index (κ2) is 6.54. The number of benzene rings is 1. The molecule has 1 aromatic heterocycles. The van der Waals surface area contributed by atoms with E-state index < -0.39 is 0 Å². The normalized spacial score (nSPS) is 12.4. The van der Waals surface area contributed by atoms with Gasteiger partial charge in [0, 0.05) is 25.4 Å². The smallest absolute Gasteiger partial charge is 0.121 e. The van der Waals surface area contributed by atoms with Gasteiger partial charge in [-0.1, -0.05) is 12.1 Å². The number of rotatable bonds is 6. The Hall–Kier alpha value is -1.85. The summed E-state index contributed by atoms with van der Waals surface area (Å²) in [5.74, 6) is 7.64. The van der Waals surface area contributed by atoms with Crippen LogP contribution in [0.1, 0.15) is 29.9 Å². The number of ether oxygens (including phenoxy) is 1. The predicted molar refractivity (Wildman–Crippen MR) is 79.4 cm³/mol. The van der Waals surface area contributed by atoms with E-state index in [9.17, 15) is 0 Å². The first-order valence-corrected chi connectivity index (χ1v) is 6.80. The number of hydrogen-bond donors (Lipinski definition) is 2. The van der Waals surface area contributed by atoms with Gasteiger partial charge in [-0.05, 0) is 31.0 Å². The summed E-state index contributed by atoms with van der Waals surface area (Å²) in [4.78, 5) is 4.40. The van der Waals surface area contributed by atoms with Crippen molar-refractivity contribution in [2.45, 2.75) is 32.9 Å². The van der Waals surface area contributed by atoms with Crippen molar-refractivity contribution in [1.29, 1.82) is 0 Å². The lowest BCUT2D eigenvalue weighted by Crippen LogP contribution is -2.30. The van der Waals surface area contributed by atoms with Gasteiger partial charge in [0.1, 0.15) is 11.6 Å². The lowest BCUT2D eigenvalue weighted by Gasteiger charge is -2.18. The fraction of sp³-hybridized carbons (Fsp3) is 0.400. The molecule has 0 aliphatic heterocycles. The van der Waals surface area contributed by atoms with Crippen molar-refractivity contribution in [2.75, 3.05) is 7.11 Å². The van der Waals surface area contributed by atoms with Crippen LogP contribution in [0.5, 0.6) is 5.75 Å². The zero-order chi connectivity index (χ0) is 14.5. The zero-order valence-corrected chi connectivity index (χ0v) is 12.3. The number of aromatic nitrogens is 2. The van der Waals surface area contributed by atoms with Gasteiger partial charge in [-0.2, -0.15) is 0 Å². The highest BCUT2D eigenvalue weighted by atomic mass is 16.5. The van der Waals surface area contributed by atoms with Crippen LogP contribution in [0.15, 0.2) is 30.6 Å². The Labute approximate surface area is 119 Å². The molecule has 108 valence electrons. The van der Waals surface area contributed by atoms with Crippen LogP contribution in [0.3, 0.4) is 0 Å². The third-order valence-corrected chi connectivity index (χ3v) is 3.55. The van der Waals surface area contributed by atoms with Crippen molar-refractivity contribution in [1.82, 2.24) is 15.0 Å². The van der Waals surface area contributed by atoms with Crippen molar-refractivity contribution < 1.29 is 4.74 Å². The van der Waals surface area contributed by atoms with Crippen LogP contribution in [0.25, 0.3) is 0 Å². The van der Waals surface area contributed by atoms with E-state index in [0.29, 0.717) is 0 Å². The van der Waals surface area contributed by atoms with Crippen molar-refractivity contribution in [3.05, 3.63) is 47.5 Å². The molecule has 1 aromatic carbocycles. The average molecular weight is 274 g/mol. The summed E-state index contributed by atoms with van der Waals surface area (Å²) >= 11 is 0. The van der Waals surface area contributed by atoms with Gasteiger partial charge in [-0.15, -0.1) is 0 Å². The molecule has 5 nitrogen and oxygen atoms in total. The van der Waals surface area contributed by atoms with E-state index in [1.54, 1.807) is 7.11 Å².